The van der Waals surface area contributed by atoms with Crippen LogP contribution in [-0.2, 0) is 6.54 Å². The molecule has 0 amide bonds. The first-order chi connectivity index (χ1) is 7.76. The first-order valence-corrected chi connectivity index (χ1v) is 5.93. The van der Waals surface area contributed by atoms with Gasteiger partial charge in [0.15, 0.2) is 0 Å². The fourth-order valence-corrected chi connectivity index (χ4v) is 1.79. The van der Waals surface area contributed by atoms with Gasteiger partial charge in [-0.15, -0.1) is 0 Å². The van der Waals surface area contributed by atoms with E-state index in [-0.39, 0.29) is 5.82 Å². The zero-order chi connectivity index (χ0) is 11.8. The van der Waals surface area contributed by atoms with E-state index in [2.05, 4.69) is 11.8 Å². The van der Waals surface area contributed by atoms with Gasteiger partial charge < -0.3 is 5.73 Å². The average Bonchev–Trinajstić information content (AvgIpc) is 2.26. The Morgan fingerprint density at radius 1 is 1.31 bits per heavy atom. The Balaban J connectivity index is 2.52. The van der Waals surface area contributed by atoms with Gasteiger partial charge in [-0.25, -0.2) is 4.39 Å². The summed E-state index contributed by atoms with van der Waals surface area (Å²) in [7, 11) is 0. The fraction of sp³-hybridized carbons (Fsp3) is 0.538. The minimum atomic E-state index is -0.159. The van der Waals surface area contributed by atoms with E-state index in [0.29, 0.717) is 6.54 Å². The second-order valence-electron chi connectivity index (χ2n) is 4.05. The lowest BCUT2D eigenvalue weighted by molar-refractivity contribution is 0.264. The molecule has 1 aromatic rings. The molecule has 0 atom stereocenters. The van der Waals surface area contributed by atoms with Crippen LogP contribution in [0.25, 0.3) is 0 Å². The number of nitrogens with two attached hydrogens (primary N) is 1. The van der Waals surface area contributed by atoms with E-state index in [4.69, 9.17) is 5.73 Å². The van der Waals surface area contributed by atoms with Crippen LogP contribution in [0.5, 0.6) is 0 Å². The zero-order valence-electron chi connectivity index (χ0n) is 9.95. The first-order valence-electron chi connectivity index (χ1n) is 5.93. The third kappa shape index (κ3) is 4.73. The normalized spacial score (nSPS) is 11.0. The summed E-state index contributed by atoms with van der Waals surface area (Å²) in [5.74, 6) is -0.159. The van der Waals surface area contributed by atoms with Crippen molar-refractivity contribution in [3.8, 4) is 0 Å². The molecule has 0 aromatic heterocycles. The highest BCUT2D eigenvalue weighted by Gasteiger charge is 2.04. The zero-order valence-corrected chi connectivity index (χ0v) is 9.95. The Bertz CT molecular complexity index is 302. The highest BCUT2D eigenvalue weighted by Crippen LogP contribution is 2.08. The van der Waals surface area contributed by atoms with E-state index in [1.807, 2.05) is 6.07 Å². The summed E-state index contributed by atoms with van der Waals surface area (Å²) in [6.07, 6.45) is 2.11. The van der Waals surface area contributed by atoms with Gasteiger partial charge in [-0.2, -0.15) is 0 Å². The fourth-order valence-electron chi connectivity index (χ4n) is 1.79. The second-order valence-corrected chi connectivity index (χ2v) is 4.05. The molecule has 1 rings (SSSR count). The molecule has 0 aliphatic rings. The summed E-state index contributed by atoms with van der Waals surface area (Å²) in [5, 5.41) is 0. The highest BCUT2D eigenvalue weighted by atomic mass is 19.1. The Kier molecular flexibility index (Phi) is 6.04. The van der Waals surface area contributed by atoms with Crippen molar-refractivity contribution < 1.29 is 4.39 Å². The van der Waals surface area contributed by atoms with Gasteiger partial charge in [0, 0.05) is 6.54 Å². The predicted octanol–water partition coefficient (Wildman–Crippen LogP) is 2.39. The quantitative estimate of drug-likeness (QED) is 0.770. The van der Waals surface area contributed by atoms with Crippen LogP contribution in [0.3, 0.4) is 0 Å². The van der Waals surface area contributed by atoms with E-state index in [1.54, 1.807) is 12.1 Å². The van der Waals surface area contributed by atoms with Crippen LogP contribution in [0, 0.1) is 5.82 Å². The van der Waals surface area contributed by atoms with E-state index in [1.165, 1.54) is 6.07 Å². The molecule has 2 nitrogen and oxygen atoms in total. The second kappa shape index (κ2) is 7.36. The maximum Gasteiger partial charge on any atom is 0.123 e. The molecule has 16 heavy (non-hydrogen) atoms. The average molecular weight is 224 g/mol. The largest absolute Gasteiger partial charge is 0.330 e. The van der Waals surface area contributed by atoms with Gasteiger partial charge in [-0.3, -0.25) is 4.90 Å². The van der Waals surface area contributed by atoms with Gasteiger partial charge in [0.25, 0.3) is 0 Å². The molecule has 0 bridgehead atoms. The van der Waals surface area contributed by atoms with Crippen molar-refractivity contribution >= 4 is 0 Å². The van der Waals surface area contributed by atoms with Crippen LogP contribution in [0.2, 0.25) is 0 Å². The number of benzene rings is 1. The lowest BCUT2D eigenvalue weighted by atomic mass is 10.2. The molecule has 3 heteroatoms. The van der Waals surface area contributed by atoms with Gasteiger partial charge in [0.05, 0.1) is 0 Å². The van der Waals surface area contributed by atoms with Crippen molar-refractivity contribution in [1.29, 1.82) is 0 Å². The molecule has 0 saturated heterocycles. The molecule has 0 spiro atoms. The van der Waals surface area contributed by atoms with Gasteiger partial charge in [-0.05, 0) is 50.2 Å². The first kappa shape index (κ1) is 13.1. The minimum Gasteiger partial charge on any atom is -0.330 e. The van der Waals surface area contributed by atoms with E-state index < -0.39 is 0 Å². The molecular formula is C13H21FN2. The summed E-state index contributed by atoms with van der Waals surface area (Å²) in [6, 6.07) is 6.81. The summed E-state index contributed by atoms with van der Waals surface area (Å²) >= 11 is 0. The summed E-state index contributed by atoms with van der Waals surface area (Å²) in [6.45, 7) is 5.70. The van der Waals surface area contributed by atoms with Crippen LogP contribution in [0.1, 0.15) is 25.3 Å². The van der Waals surface area contributed by atoms with Crippen molar-refractivity contribution in [2.24, 2.45) is 5.73 Å². The van der Waals surface area contributed by atoms with Crippen LogP contribution in [0.15, 0.2) is 24.3 Å². The lowest BCUT2D eigenvalue weighted by Crippen LogP contribution is -2.26. The smallest absolute Gasteiger partial charge is 0.123 e. The topological polar surface area (TPSA) is 29.3 Å². The van der Waals surface area contributed by atoms with Crippen molar-refractivity contribution in [1.82, 2.24) is 4.90 Å². The molecule has 2 N–H and O–H groups in total. The van der Waals surface area contributed by atoms with Crippen molar-refractivity contribution in [2.45, 2.75) is 26.3 Å². The Hall–Kier alpha value is -0.930. The molecule has 90 valence electrons. The van der Waals surface area contributed by atoms with E-state index in [9.17, 15) is 4.39 Å². The van der Waals surface area contributed by atoms with E-state index >= 15 is 0 Å². The summed E-state index contributed by atoms with van der Waals surface area (Å²) in [5.41, 5.74) is 6.54. The molecule has 0 unspecified atom stereocenters. The Labute approximate surface area is 97.3 Å². The molecule has 0 radical (unpaired) electrons. The van der Waals surface area contributed by atoms with Crippen molar-refractivity contribution in [3.05, 3.63) is 35.6 Å². The van der Waals surface area contributed by atoms with Gasteiger partial charge in [-0.1, -0.05) is 19.1 Å². The third-order valence-electron chi connectivity index (χ3n) is 2.51. The van der Waals surface area contributed by atoms with Crippen LogP contribution >= 0.6 is 0 Å². The monoisotopic (exact) mass is 224 g/mol. The molecule has 0 fully saturated rings. The van der Waals surface area contributed by atoms with Crippen molar-refractivity contribution in [3.63, 3.8) is 0 Å². The Morgan fingerprint density at radius 3 is 2.75 bits per heavy atom. The van der Waals surface area contributed by atoms with Crippen LogP contribution in [0.4, 0.5) is 4.39 Å². The molecule has 1 aromatic carbocycles. The number of halogens is 1. The Morgan fingerprint density at radius 2 is 2.12 bits per heavy atom. The third-order valence-corrected chi connectivity index (χ3v) is 2.51. The molecule has 0 aliphatic carbocycles. The molecule has 0 saturated carbocycles. The SMILES string of the molecule is CCCN(CCCN)Cc1cccc(F)c1. The van der Waals surface area contributed by atoms with Crippen LogP contribution < -0.4 is 5.73 Å². The maximum absolute atomic E-state index is 13.0. The molecule has 0 aliphatic heterocycles. The number of nitrogens with zero attached hydrogens (tertiary/aromatic N) is 1. The van der Waals surface area contributed by atoms with Crippen molar-refractivity contribution in [2.75, 3.05) is 19.6 Å². The predicted molar refractivity (Wildman–Crippen MR) is 65.6 cm³/mol. The summed E-state index contributed by atoms with van der Waals surface area (Å²) in [4.78, 5) is 2.32. The number of rotatable bonds is 7. The van der Waals surface area contributed by atoms with Gasteiger partial charge >= 0.3 is 0 Å². The highest BCUT2D eigenvalue weighted by molar-refractivity contribution is 5.16. The molecular weight excluding hydrogens is 203 g/mol. The minimum absolute atomic E-state index is 0.159. The number of hydrogen-bond acceptors (Lipinski definition) is 2. The van der Waals surface area contributed by atoms with Crippen LogP contribution in [-0.4, -0.2) is 24.5 Å². The maximum atomic E-state index is 13.0. The van der Waals surface area contributed by atoms with E-state index in [0.717, 1.165) is 38.0 Å². The summed E-state index contributed by atoms with van der Waals surface area (Å²) < 4.78 is 13.0. The molecule has 0 heterocycles. The lowest BCUT2D eigenvalue weighted by Gasteiger charge is -2.21. The van der Waals surface area contributed by atoms with Gasteiger partial charge in [0.2, 0.25) is 0 Å². The standard InChI is InChI=1S/C13H21FN2/c1-2-8-16(9-4-7-15)11-12-5-3-6-13(14)10-12/h3,5-6,10H,2,4,7-9,11,15H2,1H3. The van der Waals surface area contributed by atoms with Gasteiger partial charge in [0.1, 0.15) is 5.82 Å². The number of hydrogen-bond donors (Lipinski definition) is 1.